The maximum Gasteiger partial charge on any atom is 0.490 e. The Labute approximate surface area is 235 Å². The lowest BCUT2D eigenvalue weighted by Gasteiger charge is -2.37. The number of carbonyl (C=O) groups is 3. The average Bonchev–Trinajstić information content (AvgIpc) is 3.37. The first-order chi connectivity index (χ1) is 19.2. The topological polar surface area (TPSA) is 164 Å². The van der Waals surface area contributed by atoms with Gasteiger partial charge in [-0.25, -0.2) is 19.6 Å². The minimum absolute atomic E-state index is 0.00885. The van der Waals surface area contributed by atoms with Gasteiger partial charge in [0.05, 0.1) is 24.1 Å². The highest BCUT2D eigenvalue weighted by atomic mass is 32.2. The van der Waals surface area contributed by atoms with Crippen LogP contribution in [0.5, 0.6) is 0 Å². The van der Waals surface area contributed by atoms with Crippen LogP contribution in [-0.2, 0) is 20.6 Å². The number of amides is 1. The molecule has 1 unspecified atom stereocenters. The summed E-state index contributed by atoms with van der Waals surface area (Å²) in [7, 11) is 0. The van der Waals surface area contributed by atoms with Crippen molar-refractivity contribution in [3.8, 4) is 6.07 Å². The number of carbonyl (C=O) groups excluding carboxylic acids is 1. The lowest BCUT2D eigenvalue weighted by atomic mass is 10.0. The molecule has 236 valence electrons. The van der Waals surface area contributed by atoms with Gasteiger partial charge in [0.15, 0.2) is 0 Å². The molecule has 0 aliphatic carbocycles. The number of carboxylic acid groups (broad SMARTS) is 2. The average molecular weight is 643 g/mol. The van der Waals surface area contributed by atoms with Crippen molar-refractivity contribution in [2.24, 2.45) is 5.84 Å². The fourth-order valence-corrected chi connectivity index (χ4v) is 4.44. The number of piperidine rings is 1. The Morgan fingerprint density at radius 2 is 1.52 bits per heavy atom. The Morgan fingerprint density at radius 1 is 1.02 bits per heavy atom. The first-order valence-electron chi connectivity index (χ1n) is 11.3. The molecule has 0 aromatic carbocycles. The number of alkyl halides is 9. The van der Waals surface area contributed by atoms with E-state index < -0.39 is 42.1 Å². The minimum Gasteiger partial charge on any atom is -0.475 e. The summed E-state index contributed by atoms with van der Waals surface area (Å²) >= 11 is 1.55. The minimum atomic E-state index is -5.08. The molecule has 1 aromatic heterocycles. The molecule has 3 heterocycles. The zero-order valence-corrected chi connectivity index (χ0v) is 21.9. The van der Waals surface area contributed by atoms with Crippen LogP contribution in [0.4, 0.5) is 45.3 Å². The molecule has 42 heavy (non-hydrogen) atoms. The van der Waals surface area contributed by atoms with E-state index in [1.165, 1.54) is 11.1 Å². The van der Waals surface area contributed by atoms with Gasteiger partial charge in [-0.2, -0.15) is 44.8 Å². The van der Waals surface area contributed by atoms with Gasteiger partial charge in [-0.15, -0.1) is 11.8 Å². The SMILES string of the molecule is N#CC1CSCN1C(=O)CN(N)C1CCN(c2ccc(C(F)(F)F)cn2)CC1.O=C(O)C(F)(F)F.O=C(O)C(F)(F)F. The number of hydrazine groups is 1. The summed E-state index contributed by atoms with van der Waals surface area (Å²) in [5, 5.41) is 24.9. The van der Waals surface area contributed by atoms with Crippen molar-refractivity contribution in [3.05, 3.63) is 23.9 Å². The van der Waals surface area contributed by atoms with Crippen LogP contribution in [0.25, 0.3) is 0 Å². The lowest BCUT2D eigenvalue weighted by Crippen LogP contribution is -2.52. The molecule has 21 heteroatoms. The fraction of sp³-hybridized carbons (Fsp3) is 0.571. The number of thioether (sulfide) groups is 1. The zero-order valence-electron chi connectivity index (χ0n) is 21.1. The largest absolute Gasteiger partial charge is 0.490 e. The van der Waals surface area contributed by atoms with Crippen molar-refractivity contribution < 1.29 is 64.1 Å². The molecule has 2 aliphatic heterocycles. The highest BCUT2D eigenvalue weighted by molar-refractivity contribution is 7.99. The standard InChI is InChI=1S/C17H21F3N6OS.2C2HF3O2/c18-17(19,20)12-1-2-15(23-8-12)24-5-3-13(4-6-24)26(22)9-16(27)25-11-28-10-14(25)7-21;2*3-2(4,5)1(6)7/h1-2,8,13-14H,3-6,9-11,22H2;2*(H,6,7). The first kappa shape index (κ1) is 36.5. The zero-order chi connectivity index (χ0) is 32.5. The normalized spacial score (nSPS) is 17.9. The molecule has 3 rings (SSSR count). The van der Waals surface area contributed by atoms with E-state index in [4.69, 9.17) is 30.9 Å². The number of nitriles is 1. The van der Waals surface area contributed by atoms with E-state index in [1.807, 2.05) is 4.90 Å². The van der Waals surface area contributed by atoms with Crippen molar-refractivity contribution >= 4 is 35.4 Å². The Balaban J connectivity index is 0.000000522. The molecule has 2 aliphatic rings. The molecule has 0 saturated carbocycles. The fourth-order valence-electron chi connectivity index (χ4n) is 3.34. The maximum absolute atomic E-state index is 12.6. The monoisotopic (exact) mass is 642 g/mol. The third-order valence-corrected chi connectivity index (χ3v) is 6.50. The van der Waals surface area contributed by atoms with Gasteiger partial charge in [0.25, 0.3) is 0 Å². The Hall–Kier alpha value is -3.51. The summed E-state index contributed by atoms with van der Waals surface area (Å²) in [5.41, 5.74) is -0.770. The Bertz CT molecular complexity index is 1080. The van der Waals surface area contributed by atoms with Crippen LogP contribution in [0.3, 0.4) is 0 Å². The first-order valence-corrected chi connectivity index (χ1v) is 12.5. The maximum atomic E-state index is 12.6. The second-order valence-corrected chi connectivity index (χ2v) is 9.41. The molecule has 1 aromatic rings. The van der Waals surface area contributed by atoms with Gasteiger partial charge in [-0.05, 0) is 25.0 Å². The lowest BCUT2D eigenvalue weighted by molar-refractivity contribution is -0.193. The van der Waals surface area contributed by atoms with Crippen molar-refractivity contribution in [2.75, 3.05) is 36.2 Å². The number of aliphatic carboxylic acids is 2. The molecule has 0 bridgehead atoms. The Kier molecular flexibility index (Phi) is 13.1. The third kappa shape index (κ3) is 11.8. The van der Waals surface area contributed by atoms with Gasteiger partial charge in [0, 0.05) is 31.1 Å². The number of hydrogen-bond donors (Lipinski definition) is 3. The highest BCUT2D eigenvalue weighted by Gasteiger charge is 2.39. The van der Waals surface area contributed by atoms with Crippen LogP contribution in [-0.4, -0.2) is 98.7 Å². The number of nitrogens with two attached hydrogens (primary N) is 1. The van der Waals surface area contributed by atoms with Crippen LogP contribution in [0.1, 0.15) is 18.4 Å². The summed E-state index contributed by atoms with van der Waals surface area (Å²) in [5.74, 6) is 2.03. The molecule has 0 spiro atoms. The van der Waals surface area contributed by atoms with Crippen LogP contribution in [0.2, 0.25) is 0 Å². The van der Waals surface area contributed by atoms with Gasteiger partial charge in [0.1, 0.15) is 11.9 Å². The Morgan fingerprint density at radius 3 is 1.90 bits per heavy atom. The quantitative estimate of drug-likeness (QED) is 0.251. The molecule has 2 saturated heterocycles. The second kappa shape index (κ2) is 15.1. The van der Waals surface area contributed by atoms with Gasteiger partial charge < -0.3 is 20.0 Å². The molecule has 2 fully saturated rings. The van der Waals surface area contributed by atoms with Gasteiger partial charge in [-0.1, -0.05) is 0 Å². The van der Waals surface area contributed by atoms with E-state index >= 15 is 0 Å². The van der Waals surface area contributed by atoms with Crippen LogP contribution in [0, 0.1) is 11.3 Å². The second-order valence-electron chi connectivity index (χ2n) is 8.41. The number of anilines is 1. The highest BCUT2D eigenvalue weighted by Crippen LogP contribution is 2.30. The van der Waals surface area contributed by atoms with Crippen LogP contribution in [0.15, 0.2) is 18.3 Å². The number of aromatic nitrogens is 1. The molecular formula is C21H23F9N6O5S. The van der Waals surface area contributed by atoms with E-state index in [0.29, 0.717) is 43.4 Å². The molecule has 1 amide bonds. The number of halogens is 9. The smallest absolute Gasteiger partial charge is 0.475 e. The van der Waals surface area contributed by atoms with E-state index in [0.717, 1.165) is 12.3 Å². The summed E-state index contributed by atoms with van der Waals surface area (Å²) < 4.78 is 101. The molecule has 4 N–H and O–H groups in total. The van der Waals surface area contributed by atoms with E-state index in [2.05, 4.69) is 11.1 Å². The van der Waals surface area contributed by atoms with Crippen molar-refractivity contribution in [1.29, 1.82) is 5.26 Å². The number of nitrogens with zero attached hydrogens (tertiary/aromatic N) is 5. The van der Waals surface area contributed by atoms with Gasteiger partial charge >= 0.3 is 30.5 Å². The van der Waals surface area contributed by atoms with E-state index in [-0.39, 0.29) is 18.5 Å². The molecule has 1 atom stereocenters. The van der Waals surface area contributed by atoms with Crippen LogP contribution >= 0.6 is 11.8 Å². The predicted molar refractivity (Wildman–Crippen MR) is 126 cm³/mol. The summed E-state index contributed by atoms with van der Waals surface area (Å²) in [6.45, 7) is 1.22. The number of hydrogen-bond acceptors (Lipinski definition) is 9. The number of rotatable bonds is 4. The van der Waals surface area contributed by atoms with Crippen molar-refractivity contribution in [2.45, 2.75) is 43.5 Å². The molecular weight excluding hydrogens is 619 g/mol. The molecule has 11 nitrogen and oxygen atoms in total. The predicted octanol–water partition coefficient (Wildman–Crippen LogP) is 2.94. The number of pyridine rings is 1. The molecule has 0 radical (unpaired) electrons. The van der Waals surface area contributed by atoms with Crippen molar-refractivity contribution in [3.63, 3.8) is 0 Å². The van der Waals surface area contributed by atoms with Crippen LogP contribution < -0.4 is 10.7 Å². The number of carboxylic acids is 2. The van der Waals surface area contributed by atoms with Crippen molar-refractivity contribution in [1.82, 2.24) is 14.9 Å². The third-order valence-electron chi connectivity index (χ3n) is 5.49. The van der Waals surface area contributed by atoms with E-state index in [1.54, 1.807) is 16.7 Å². The van der Waals surface area contributed by atoms with Gasteiger partial charge in [0.2, 0.25) is 5.91 Å². The van der Waals surface area contributed by atoms with Gasteiger partial charge in [-0.3, -0.25) is 10.6 Å². The summed E-state index contributed by atoms with van der Waals surface area (Å²) in [6, 6.07) is 4.12. The summed E-state index contributed by atoms with van der Waals surface area (Å²) in [4.78, 5) is 37.6. The summed E-state index contributed by atoms with van der Waals surface area (Å²) in [6.07, 6.45) is -12.4. The van der Waals surface area contributed by atoms with E-state index in [9.17, 15) is 44.3 Å².